The van der Waals surface area contributed by atoms with E-state index in [-0.39, 0.29) is 26.4 Å². The van der Waals surface area contributed by atoms with Crippen molar-refractivity contribution in [2.45, 2.75) is 0 Å². The molecule has 0 radical (unpaired) electrons. The Balaban J connectivity index is 2.50. The highest BCUT2D eigenvalue weighted by molar-refractivity contribution is 5.28. The normalized spacial score (nSPS) is 9.86. The molecule has 0 fully saturated rings. The Morgan fingerprint density at radius 2 is 1.50 bits per heavy atom. The summed E-state index contributed by atoms with van der Waals surface area (Å²) in [6.07, 6.45) is 3.06. The molecule has 0 unspecified atom stereocenters. The minimum Gasteiger partial charge on any atom is -0.489 e. The summed E-state index contributed by atoms with van der Waals surface area (Å²) in [5.41, 5.74) is 0. The molecule has 0 atom stereocenters. The van der Waals surface area contributed by atoms with Gasteiger partial charge in [0, 0.05) is 6.07 Å². The molecule has 0 saturated heterocycles. The van der Waals surface area contributed by atoms with E-state index in [0.29, 0.717) is 11.5 Å². The molecule has 0 spiro atoms. The van der Waals surface area contributed by atoms with Crippen LogP contribution in [0, 0.1) is 0 Å². The van der Waals surface area contributed by atoms with E-state index in [9.17, 15) is 0 Å². The summed E-state index contributed by atoms with van der Waals surface area (Å²) in [5, 5.41) is 17.1. The molecule has 78 valence electrons. The number of pyridine rings is 1. The number of rotatable bonds is 6. The Labute approximate surface area is 81.9 Å². The van der Waals surface area contributed by atoms with Gasteiger partial charge in [-0.1, -0.05) is 0 Å². The molecule has 1 heterocycles. The number of aliphatic hydroxyl groups excluding tert-OH is 2. The predicted molar refractivity (Wildman–Crippen MR) is 49.4 cm³/mol. The van der Waals surface area contributed by atoms with Gasteiger partial charge in [0.15, 0.2) is 0 Å². The smallest absolute Gasteiger partial charge is 0.141 e. The monoisotopic (exact) mass is 199 g/mol. The Morgan fingerprint density at radius 3 is 1.93 bits per heavy atom. The van der Waals surface area contributed by atoms with Gasteiger partial charge in [0.05, 0.1) is 25.6 Å². The van der Waals surface area contributed by atoms with Crippen LogP contribution in [0.5, 0.6) is 11.5 Å². The van der Waals surface area contributed by atoms with Crippen LogP contribution in [0.1, 0.15) is 0 Å². The Bertz CT molecular complexity index is 243. The molecule has 5 nitrogen and oxygen atoms in total. The van der Waals surface area contributed by atoms with Crippen molar-refractivity contribution in [3.05, 3.63) is 18.5 Å². The van der Waals surface area contributed by atoms with Crippen LogP contribution < -0.4 is 9.47 Å². The number of nitrogens with zero attached hydrogens (tertiary/aromatic N) is 1. The fraction of sp³-hybridized carbons (Fsp3) is 0.444. The van der Waals surface area contributed by atoms with Crippen molar-refractivity contribution in [1.29, 1.82) is 0 Å². The van der Waals surface area contributed by atoms with E-state index in [1.165, 1.54) is 12.4 Å². The van der Waals surface area contributed by atoms with Crippen molar-refractivity contribution in [3.8, 4) is 11.5 Å². The van der Waals surface area contributed by atoms with E-state index in [1.807, 2.05) is 0 Å². The molecule has 1 aromatic heterocycles. The molecule has 0 aliphatic carbocycles. The molecule has 1 aromatic rings. The van der Waals surface area contributed by atoms with Crippen LogP contribution in [0.3, 0.4) is 0 Å². The number of hydrogen-bond donors (Lipinski definition) is 2. The first kappa shape index (κ1) is 10.7. The van der Waals surface area contributed by atoms with E-state index in [2.05, 4.69) is 4.98 Å². The van der Waals surface area contributed by atoms with Gasteiger partial charge in [0.25, 0.3) is 0 Å². The van der Waals surface area contributed by atoms with Gasteiger partial charge in [0.2, 0.25) is 0 Å². The summed E-state index contributed by atoms with van der Waals surface area (Å²) in [6, 6.07) is 1.65. The highest BCUT2D eigenvalue weighted by atomic mass is 16.5. The Morgan fingerprint density at radius 1 is 1.00 bits per heavy atom. The van der Waals surface area contributed by atoms with E-state index in [4.69, 9.17) is 19.7 Å². The molecule has 0 aliphatic heterocycles. The van der Waals surface area contributed by atoms with E-state index in [1.54, 1.807) is 6.07 Å². The summed E-state index contributed by atoms with van der Waals surface area (Å²) in [7, 11) is 0. The van der Waals surface area contributed by atoms with Crippen LogP contribution in [0.15, 0.2) is 18.5 Å². The minimum atomic E-state index is -0.0400. The van der Waals surface area contributed by atoms with Gasteiger partial charge in [-0.3, -0.25) is 4.98 Å². The number of ether oxygens (including phenoxy) is 2. The fourth-order valence-electron chi connectivity index (χ4n) is 0.884. The third kappa shape index (κ3) is 3.59. The number of aliphatic hydroxyl groups is 2. The molecule has 2 N–H and O–H groups in total. The second kappa shape index (κ2) is 6.17. The summed E-state index contributed by atoms with van der Waals surface area (Å²) in [5.74, 6) is 1.07. The van der Waals surface area contributed by atoms with Gasteiger partial charge in [-0.05, 0) is 0 Å². The number of hydrogen-bond acceptors (Lipinski definition) is 5. The summed E-state index contributed by atoms with van der Waals surface area (Å²) >= 11 is 0. The molecule has 14 heavy (non-hydrogen) atoms. The highest BCUT2D eigenvalue weighted by Gasteiger charge is 1.97. The van der Waals surface area contributed by atoms with Crippen molar-refractivity contribution in [1.82, 2.24) is 4.98 Å². The SMILES string of the molecule is OCCOc1cncc(OCCO)c1. The van der Waals surface area contributed by atoms with Crippen LogP contribution in [0.2, 0.25) is 0 Å². The summed E-state index contributed by atoms with van der Waals surface area (Å²) < 4.78 is 10.2. The van der Waals surface area contributed by atoms with Gasteiger partial charge >= 0.3 is 0 Å². The minimum absolute atomic E-state index is 0.0400. The lowest BCUT2D eigenvalue weighted by Crippen LogP contribution is -2.04. The topological polar surface area (TPSA) is 71.8 Å². The molecule has 0 bridgehead atoms. The third-order valence-corrected chi connectivity index (χ3v) is 1.41. The fourth-order valence-corrected chi connectivity index (χ4v) is 0.884. The van der Waals surface area contributed by atoms with Gasteiger partial charge in [-0.25, -0.2) is 0 Å². The van der Waals surface area contributed by atoms with Crippen molar-refractivity contribution >= 4 is 0 Å². The third-order valence-electron chi connectivity index (χ3n) is 1.41. The lowest BCUT2D eigenvalue weighted by atomic mass is 10.4. The largest absolute Gasteiger partial charge is 0.489 e. The molecule has 0 aromatic carbocycles. The van der Waals surface area contributed by atoms with Gasteiger partial charge in [0.1, 0.15) is 24.7 Å². The van der Waals surface area contributed by atoms with Crippen LogP contribution in [-0.4, -0.2) is 41.6 Å². The molecule has 5 heteroatoms. The quantitative estimate of drug-likeness (QED) is 0.665. The lowest BCUT2D eigenvalue weighted by Gasteiger charge is -2.06. The summed E-state index contributed by atoms with van der Waals surface area (Å²) in [6.45, 7) is 0.375. The molecular formula is C9H13NO4. The average Bonchev–Trinajstić information content (AvgIpc) is 2.24. The first-order valence-corrected chi connectivity index (χ1v) is 4.29. The zero-order valence-electron chi connectivity index (χ0n) is 7.72. The average molecular weight is 199 g/mol. The van der Waals surface area contributed by atoms with E-state index < -0.39 is 0 Å². The lowest BCUT2D eigenvalue weighted by molar-refractivity contribution is 0.194. The maximum absolute atomic E-state index is 8.53. The van der Waals surface area contributed by atoms with Crippen LogP contribution in [0.4, 0.5) is 0 Å². The molecule has 1 rings (SSSR count). The zero-order chi connectivity index (χ0) is 10.2. The van der Waals surface area contributed by atoms with Gasteiger partial charge in [-0.2, -0.15) is 0 Å². The van der Waals surface area contributed by atoms with Crippen LogP contribution in [-0.2, 0) is 0 Å². The molecular weight excluding hydrogens is 186 g/mol. The first-order chi connectivity index (χ1) is 6.86. The van der Waals surface area contributed by atoms with Crippen LogP contribution in [0.25, 0.3) is 0 Å². The standard InChI is InChI=1S/C9H13NO4/c11-1-3-13-8-5-9(7-10-6-8)14-4-2-12/h5-7,11-12H,1-4H2. The van der Waals surface area contributed by atoms with Crippen molar-refractivity contribution in [2.75, 3.05) is 26.4 Å². The first-order valence-electron chi connectivity index (χ1n) is 4.29. The molecule has 0 amide bonds. The van der Waals surface area contributed by atoms with Crippen molar-refractivity contribution < 1.29 is 19.7 Å². The van der Waals surface area contributed by atoms with Crippen LogP contribution >= 0.6 is 0 Å². The van der Waals surface area contributed by atoms with E-state index in [0.717, 1.165) is 0 Å². The maximum Gasteiger partial charge on any atom is 0.141 e. The Hall–Kier alpha value is -1.33. The van der Waals surface area contributed by atoms with Gasteiger partial charge < -0.3 is 19.7 Å². The van der Waals surface area contributed by atoms with Gasteiger partial charge in [-0.15, -0.1) is 0 Å². The maximum atomic E-state index is 8.53. The van der Waals surface area contributed by atoms with Crippen molar-refractivity contribution in [3.63, 3.8) is 0 Å². The van der Waals surface area contributed by atoms with E-state index >= 15 is 0 Å². The number of aromatic nitrogens is 1. The highest BCUT2D eigenvalue weighted by Crippen LogP contribution is 2.16. The summed E-state index contributed by atoms with van der Waals surface area (Å²) in [4.78, 5) is 3.88. The second-order valence-electron chi connectivity index (χ2n) is 2.50. The second-order valence-corrected chi connectivity index (χ2v) is 2.50. The molecule has 0 aliphatic rings. The Kier molecular flexibility index (Phi) is 4.74. The predicted octanol–water partition coefficient (Wildman–Crippen LogP) is -0.176. The molecule has 0 saturated carbocycles. The zero-order valence-corrected chi connectivity index (χ0v) is 7.72. The van der Waals surface area contributed by atoms with Crippen molar-refractivity contribution in [2.24, 2.45) is 0 Å².